The van der Waals surface area contributed by atoms with Crippen molar-refractivity contribution in [3.05, 3.63) is 29.6 Å². The van der Waals surface area contributed by atoms with Crippen LogP contribution >= 0.6 is 0 Å². The van der Waals surface area contributed by atoms with E-state index >= 15 is 0 Å². The number of aliphatic hydroxyl groups excluding tert-OH is 1. The molecule has 0 unspecified atom stereocenters. The van der Waals surface area contributed by atoms with Crippen molar-refractivity contribution in [3.8, 4) is 0 Å². The second kappa shape index (κ2) is 4.21. The zero-order valence-electron chi connectivity index (χ0n) is 7.62. The van der Waals surface area contributed by atoms with Gasteiger partial charge in [-0.25, -0.2) is 0 Å². The summed E-state index contributed by atoms with van der Waals surface area (Å²) in [6.07, 6.45) is 4.61. The summed E-state index contributed by atoms with van der Waals surface area (Å²) in [6, 6.07) is 2.11. The fourth-order valence-corrected chi connectivity index (χ4v) is 1.20. The molecule has 0 saturated heterocycles. The summed E-state index contributed by atoms with van der Waals surface area (Å²) in [7, 11) is 0. The van der Waals surface area contributed by atoms with Crippen LogP contribution in [0.15, 0.2) is 18.5 Å². The van der Waals surface area contributed by atoms with Crippen LogP contribution in [0.4, 0.5) is 0 Å². The molecule has 0 radical (unpaired) electrons. The molecule has 0 amide bonds. The third-order valence-corrected chi connectivity index (χ3v) is 1.83. The average molecular weight is 165 g/mol. The van der Waals surface area contributed by atoms with Gasteiger partial charge in [-0.3, -0.25) is 4.98 Å². The molecule has 0 saturated carbocycles. The van der Waals surface area contributed by atoms with E-state index < -0.39 is 0 Å². The van der Waals surface area contributed by atoms with Gasteiger partial charge in [0.05, 0.1) is 0 Å². The summed E-state index contributed by atoms with van der Waals surface area (Å²) in [5, 5.41) is 8.84. The Balaban J connectivity index is 2.63. The number of pyridine rings is 1. The van der Waals surface area contributed by atoms with Gasteiger partial charge in [0.2, 0.25) is 0 Å². The first-order valence-electron chi connectivity index (χ1n) is 4.23. The highest BCUT2D eigenvalue weighted by atomic mass is 16.3. The van der Waals surface area contributed by atoms with Crippen molar-refractivity contribution < 1.29 is 5.11 Å². The molecule has 1 rings (SSSR count). The lowest BCUT2D eigenvalue weighted by Crippen LogP contribution is -2.04. The van der Waals surface area contributed by atoms with Gasteiger partial charge in [0.1, 0.15) is 0 Å². The number of rotatable bonds is 3. The van der Waals surface area contributed by atoms with Gasteiger partial charge in [-0.15, -0.1) is 0 Å². The normalized spacial score (nSPS) is 12.9. The van der Waals surface area contributed by atoms with E-state index in [1.165, 1.54) is 11.1 Å². The highest BCUT2D eigenvalue weighted by Crippen LogP contribution is 2.07. The number of aromatic nitrogens is 1. The summed E-state index contributed by atoms with van der Waals surface area (Å²) in [4.78, 5) is 4.09. The third-order valence-electron chi connectivity index (χ3n) is 1.83. The van der Waals surface area contributed by atoms with E-state index in [-0.39, 0.29) is 6.61 Å². The molecule has 0 aliphatic heterocycles. The highest BCUT2D eigenvalue weighted by molar-refractivity contribution is 5.16. The second-order valence-electron chi connectivity index (χ2n) is 3.36. The molecular formula is C10H15NO. The maximum Gasteiger partial charge on any atom is 0.0459 e. The molecule has 2 nitrogen and oxygen atoms in total. The van der Waals surface area contributed by atoms with Crippen LogP contribution in [0.25, 0.3) is 0 Å². The van der Waals surface area contributed by atoms with Gasteiger partial charge in [0.15, 0.2) is 0 Å². The van der Waals surface area contributed by atoms with Crippen LogP contribution in [0.3, 0.4) is 0 Å². The molecule has 12 heavy (non-hydrogen) atoms. The molecule has 0 bridgehead atoms. The molecule has 1 heterocycles. The van der Waals surface area contributed by atoms with Gasteiger partial charge >= 0.3 is 0 Å². The molecule has 1 N–H and O–H groups in total. The first kappa shape index (κ1) is 9.20. The van der Waals surface area contributed by atoms with E-state index in [0.717, 1.165) is 6.42 Å². The van der Waals surface area contributed by atoms with E-state index in [1.807, 2.05) is 26.2 Å². The van der Waals surface area contributed by atoms with Crippen LogP contribution < -0.4 is 0 Å². The zero-order valence-corrected chi connectivity index (χ0v) is 7.62. The average Bonchev–Trinajstić information content (AvgIpc) is 2.04. The molecule has 0 fully saturated rings. The smallest absolute Gasteiger partial charge is 0.0459 e. The first-order valence-corrected chi connectivity index (χ1v) is 4.23. The maximum atomic E-state index is 8.84. The molecule has 1 aromatic heterocycles. The van der Waals surface area contributed by atoms with E-state index in [1.54, 1.807) is 0 Å². The Kier molecular flexibility index (Phi) is 3.23. The molecule has 0 aromatic carbocycles. The van der Waals surface area contributed by atoms with Crippen molar-refractivity contribution in [2.24, 2.45) is 5.92 Å². The Morgan fingerprint density at radius 3 is 2.83 bits per heavy atom. The van der Waals surface area contributed by atoms with Crippen molar-refractivity contribution in [3.63, 3.8) is 0 Å². The Bertz CT molecular complexity index is 247. The first-order chi connectivity index (χ1) is 5.72. The highest BCUT2D eigenvalue weighted by Gasteiger charge is 2.01. The summed E-state index contributed by atoms with van der Waals surface area (Å²) < 4.78 is 0. The molecule has 1 atom stereocenters. The Morgan fingerprint density at radius 1 is 1.50 bits per heavy atom. The van der Waals surface area contributed by atoms with Crippen LogP contribution in [0.2, 0.25) is 0 Å². The number of hydrogen-bond donors (Lipinski definition) is 1. The topological polar surface area (TPSA) is 33.1 Å². The molecule has 66 valence electrons. The predicted octanol–water partition coefficient (Wildman–Crippen LogP) is 1.56. The van der Waals surface area contributed by atoms with Gasteiger partial charge in [0.25, 0.3) is 0 Å². The van der Waals surface area contributed by atoms with Crippen LogP contribution in [0.1, 0.15) is 18.1 Å². The van der Waals surface area contributed by atoms with E-state index in [4.69, 9.17) is 5.11 Å². The molecule has 0 aliphatic rings. The second-order valence-corrected chi connectivity index (χ2v) is 3.36. The van der Waals surface area contributed by atoms with Gasteiger partial charge in [-0.05, 0) is 30.4 Å². The summed E-state index contributed by atoms with van der Waals surface area (Å²) in [5.74, 6) is 0.327. The Hall–Kier alpha value is -0.890. The van der Waals surface area contributed by atoms with Crippen molar-refractivity contribution in [2.45, 2.75) is 20.3 Å². The molecule has 0 aliphatic carbocycles. The SMILES string of the molecule is Cc1cncc(C[C@@H](C)CO)c1. The van der Waals surface area contributed by atoms with E-state index in [2.05, 4.69) is 11.1 Å². The minimum atomic E-state index is 0.244. The lowest BCUT2D eigenvalue weighted by Gasteiger charge is -2.07. The molecule has 1 aromatic rings. The van der Waals surface area contributed by atoms with Crippen molar-refractivity contribution in [1.29, 1.82) is 0 Å². The minimum absolute atomic E-state index is 0.244. The largest absolute Gasteiger partial charge is 0.396 e. The number of aliphatic hydroxyl groups is 1. The van der Waals surface area contributed by atoms with Crippen molar-refractivity contribution in [1.82, 2.24) is 4.98 Å². The van der Waals surface area contributed by atoms with Crippen molar-refractivity contribution in [2.75, 3.05) is 6.61 Å². The fourth-order valence-electron chi connectivity index (χ4n) is 1.20. The van der Waals surface area contributed by atoms with Gasteiger partial charge < -0.3 is 5.11 Å². The minimum Gasteiger partial charge on any atom is -0.396 e. The van der Waals surface area contributed by atoms with E-state index in [9.17, 15) is 0 Å². The van der Waals surface area contributed by atoms with Gasteiger partial charge in [0, 0.05) is 19.0 Å². The van der Waals surface area contributed by atoms with E-state index in [0.29, 0.717) is 5.92 Å². The van der Waals surface area contributed by atoms with Crippen LogP contribution in [0, 0.1) is 12.8 Å². The van der Waals surface area contributed by atoms with Gasteiger partial charge in [-0.2, -0.15) is 0 Å². The number of nitrogens with zero attached hydrogens (tertiary/aromatic N) is 1. The quantitative estimate of drug-likeness (QED) is 0.737. The molecular weight excluding hydrogens is 150 g/mol. The summed E-state index contributed by atoms with van der Waals surface area (Å²) in [5.41, 5.74) is 2.38. The summed E-state index contributed by atoms with van der Waals surface area (Å²) >= 11 is 0. The fraction of sp³-hybridized carbons (Fsp3) is 0.500. The van der Waals surface area contributed by atoms with Crippen molar-refractivity contribution >= 4 is 0 Å². The van der Waals surface area contributed by atoms with Gasteiger partial charge in [-0.1, -0.05) is 13.0 Å². The Morgan fingerprint density at radius 2 is 2.25 bits per heavy atom. The molecule has 0 spiro atoms. The zero-order chi connectivity index (χ0) is 8.97. The standard InChI is InChI=1S/C10H15NO/c1-8-3-10(6-11-5-8)4-9(2)7-12/h3,5-6,9,12H,4,7H2,1-2H3/t9-/m1/s1. The lowest BCUT2D eigenvalue weighted by molar-refractivity contribution is 0.237. The monoisotopic (exact) mass is 165 g/mol. The number of hydrogen-bond acceptors (Lipinski definition) is 2. The lowest BCUT2D eigenvalue weighted by atomic mass is 10.0. The molecule has 2 heteroatoms. The van der Waals surface area contributed by atoms with Crippen LogP contribution in [-0.2, 0) is 6.42 Å². The third kappa shape index (κ3) is 2.62. The maximum absolute atomic E-state index is 8.84. The number of aryl methyl sites for hydroxylation is 1. The van der Waals surface area contributed by atoms with Crippen LogP contribution in [-0.4, -0.2) is 16.7 Å². The Labute approximate surface area is 73.3 Å². The predicted molar refractivity (Wildman–Crippen MR) is 48.9 cm³/mol. The van der Waals surface area contributed by atoms with Crippen LogP contribution in [0.5, 0.6) is 0 Å². The summed E-state index contributed by atoms with van der Waals surface area (Å²) in [6.45, 7) is 4.30.